The lowest BCUT2D eigenvalue weighted by molar-refractivity contribution is -0.154. The molecule has 1 aliphatic heterocycles. The van der Waals surface area contributed by atoms with E-state index in [1.54, 1.807) is 29.2 Å². The second-order valence-corrected chi connectivity index (χ2v) is 7.54. The van der Waals surface area contributed by atoms with Crippen LogP contribution in [0.5, 0.6) is 5.75 Å². The molecule has 1 heterocycles. The molecule has 0 spiro atoms. The third kappa shape index (κ3) is 6.27. The number of hydrogen-bond acceptors (Lipinski definition) is 5. The van der Waals surface area contributed by atoms with Gasteiger partial charge in [0.25, 0.3) is 11.8 Å². The number of carbonyl (C=O) groups excluding carboxylic acids is 3. The molecule has 0 aromatic heterocycles. The third-order valence-corrected chi connectivity index (χ3v) is 3.94. The van der Waals surface area contributed by atoms with Crippen molar-refractivity contribution >= 4 is 23.5 Å². The SMILES string of the molecule is CC(C)CN(CC(C)C)C(=O)COC(=O)CC1Oc2ccccc2NC1=O. The Morgan fingerprint density at radius 3 is 2.41 bits per heavy atom. The number of para-hydroxylation sites is 2. The summed E-state index contributed by atoms with van der Waals surface area (Å²) in [5, 5.41) is 2.69. The first-order valence-electron chi connectivity index (χ1n) is 9.26. The Kier molecular flexibility index (Phi) is 7.21. The van der Waals surface area contributed by atoms with Gasteiger partial charge in [-0.3, -0.25) is 14.4 Å². The largest absolute Gasteiger partial charge is 0.478 e. The highest BCUT2D eigenvalue weighted by molar-refractivity contribution is 5.99. The number of hydrogen-bond donors (Lipinski definition) is 1. The normalized spacial score (nSPS) is 15.8. The van der Waals surface area contributed by atoms with Crippen LogP contribution in [0.3, 0.4) is 0 Å². The Bertz CT molecular complexity index is 677. The van der Waals surface area contributed by atoms with Gasteiger partial charge in [-0.1, -0.05) is 39.8 Å². The van der Waals surface area contributed by atoms with Gasteiger partial charge in [-0.05, 0) is 24.0 Å². The fraction of sp³-hybridized carbons (Fsp3) is 0.550. The molecule has 0 bridgehead atoms. The van der Waals surface area contributed by atoms with Crippen LogP contribution in [0.4, 0.5) is 5.69 Å². The summed E-state index contributed by atoms with van der Waals surface area (Å²) in [6.07, 6.45) is -1.22. The molecule has 2 amide bonds. The van der Waals surface area contributed by atoms with Crippen molar-refractivity contribution in [2.24, 2.45) is 11.8 Å². The molecule has 1 N–H and O–H groups in total. The van der Waals surface area contributed by atoms with Crippen LogP contribution in [0.2, 0.25) is 0 Å². The Morgan fingerprint density at radius 1 is 1.15 bits per heavy atom. The number of benzene rings is 1. The molecule has 7 nitrogen and oxygen atoms in total. The molecule has 0 saturated heterocycles. The van der Waals surface area contributed by atoms with Crippen molar-refractivity contribution in [2.75, 3.05) is 25.0 Å². The van der Waals surface area contributed by atoms with E-state index < -0.39 is 18.0 Å². The van der Waals surface area contributed by atoms with Gasteiger partial charge in [0, 0.05) is 13.1 Å². The molecule has 0 saturated carbocycles. The molecule has 2 rings (SSSR count). The highest BCUT2D eigenvalue weighted by atomic mass is 16.5. The minimum atomic E-state index is -0.968. The van der Waals surface area contributed by atoms with Crippen LogP contribution >= 0.6 is 0 Å². The molecule has 0 aliphatic carbocycles. The minimum Gasteiger partial charge on any atom is -0.478 e. The number of nitrogens with zero attached hydrogens (tertiary/aromatic N) is 1. The topological polar surface area (TPSA) is 84.9 Å². The van der Waals surface area contributed by atoms with Crippen molar-refractivity contribution in [3.05, 3.63) is 24.3 Å². The highest BCUT2D eigenvalue weighted by Crippen LogP contribution is 2.29. The summed E-state index contributed by atoms with van der Waals surface area (Å²) in [5.74, 6) is -0.128. The van der Waals surface area contributed by atoms with Gasteiger partial charge >= 0.3 is 5.97 Å². The van der Waals surface area contributed by atoms with E-state index in [4.69, 9.17) is 9.47 Å². The zero-order chi connectivity index (χ0) is 20.0. The summed E-state index contributed by atoms with van der Waals surface area (Å²) in [7, 11) is 0. The first-order valence-corrected chi connectivity index (χ1v) is 9.26. The average molecular weight is 376 g/mol. The molecule has 1 aliphatic rings. The second kappa shape index (κ2) is 9.39. The Balaban J connectivity index is 1.86. The van der Waals surface area contributed by atoms with Crippen molar-refractivity contribution in [3.63, 3.8) is 0 Å². The molecule has 1 unspecified atom stereocenters. The molecule has 27 heavy (non-hydrogen) atoms. The zero-order valence-corrected chi connectivity index (χ0v) is 16.4. The summed E-state index contributed by atoms with van der Waals surface area (Å²) in [5.41, 5.74) is 0.570. The predicted octanol–water partition coefficient (Wildman–Crippen LogP) is 2.46. The number of esters is 1. The maximum absolute atomic E-state index is 12.4. The number of rotatable bonds is 8. The maximum Gasteiger partial charge on any atom is 0.310 e. The highest BCUT2D eigenvalue weighted by Gasteiger charge is 2.30. The summed E-state index contributed by atoms with van der Waals surface area (Å²) in [6, 6.07) is 7.00. The van der Waals surface area contributed by atoms with Gasteiger partial charge in [0.15, 0.2) is 12.7 Å². The lowest BCUT2D eigenvalue weighted by atomic mass is 10.1. The van der Waals surface area contributed by atoms with Gasteiger partial charge in [0.1, 0.15) is 5.75 Å². The van der Waals surface area contributed by atoms with Crippen LogP contribution < -0.4 is 10.1 Å². The van der Waals surface area contributed by atoms with Crippen LogP contribution in [0.1, 0.15) is 34.1 Å². The molecule has 1 atom stereocenters. The number of anilines is 1. The Hall–Kier alpha value is -2.57. The minimum absolute atomic E-state index is 0.231. The van der Waals surface area contributed by atoms with E-state index in [-0.39, 0.29) is 18.9 Å². The Morgan fingerprint density at radius 2 is 1.78 bits per heavy atom. The van der Waals surface area contributed by atoms with Crippen LogP contribution in [0.25, 0.3) is 0 Å². The Labute approximate surface area is 160 Å². The fourth-order valence-corrected chi connectivity index (χ4v) is 2.83. The van der Waals surface area contributed by atoms with Crippen LogP contribution in [-0.2, 0) is 19.1 Å². The predicted molar refractivity (Wildman–Crippen MR) is 101 cm³/mol. The van der Waals surface area contributed by atoms with E-state index in [0.717, 1.165) is 0 Å². The van der Waals surface area contributed by atoms with E-state index in [1.807, 2.05) is 27.7 Å². The number of ether oxygens (including phenoxy) is 2. The maximum atomic E-state index is 12.4. The van der Waals surface area contributed by atoms with Crippen LogP contribution in [-0.4, -0.2) is 48.5 Å². The van der Waals surface area contributed by atoms with Crippen molar-refractivity contribution in [1.82, 2.24) is 4.90 Å². The molecular formula is C20H28N2O5. The lowest BCUT2D eigenvalue weighted by Gasteiger charge is -2.27. The third-order valence-electron chi connectivity index (χ3n) is 3.94. The average Bonchev–Trinajstić information content (AvgIpc) is 2.59. The quantitative estimate of drug-likeness (QED) is 0.705. The number of nitrogens with one attached hydrogen (secondary N) is 1. The molecule has 148 valence electrons. The first kappa shape index (κ1) is 20.7. The van der Waals surface area contributed by atoms with Gasteiger partial charge in [0.2, 0.25) is 0 Å². The summed E-state index contributed by atoms with van der Waals surface area (Å²) in [4.78, 5) is 38.2. The van der Waals surface area contributed by atoms with Crippen molar-refractivity contribution in [2.45, 2.75) is 40.2 Å². The molecular weight excluding hydrogens is 348 g/mol. The van der Waals surface area contributed by atoms with Gasteiger partial charge in [0.05, 0.1) is 12.1 Å². The van der Waals surface area contributed by atoms with E-state index in [1.165, 1.54) is 0 Å². The summed E-state index contributed by atoms with van der Waals surface area (Å²) >= 11 is 0. The van der Waals surface area contributed by atoms with Crippen molar-refractivity contribution < 1.29 is 23.9 Å². The van der Waals surface area contributed by atoms with Gasteiger partial charge in [-0.15, -0.1) is 0 Å². The summed E-state index contributed by atoms with van der Waals surface area (Å²) in [6.45, 7) is 9.02. The summed E-state index contributed by atoms with van der Waals surface area (Å²) < 4.78 is 10.7. The van der Waals surface area contributed by atoms with E-state index in [0.29, 0.717) is 36.4 Å². The molecule has 1 aromatic carbocycles. The van der Waals surface area contributed by atoms with E-state index in [2.05, 4.69) is 5.32 Å². The number of fused-ring (bicyclic) bond motifs is 1. The zero-order valence-electron chi connectivity index (χ0n) is 16.4. The van der Waals surface area contributed by atoms with E-state index >= 15 is 0 Å². The number of amides is 2. The van der Waals surface area contributed by atoms with Crippen LogP contribution in [0, 0.1) is 11.8 Å². The van der Waals surface area contributed by atoms with E-state index in [9.17, 15) is 14.4 Å². The lowest BCUT2D eigenvalue weighted by Crippen LogP contribution is -2.41. The standard InChI is InChI=1S/C20H28N2O5/c1-13(2)10-22(11-14(3)4)18(23)12-26-19(24)9-17-20(25)21-15-7-5-6-8-16(15)27-17/h5-8,13-14,17H,9-12H2,1-4H3,(H,21,25). The second-order valence-electron chi connectivity index (χ2n) is 7.54. The fourth-order valence-electron chi connectivity index (χ4n) is 2.83. The van der Waals surface area contributed by atoms with Gasteiger partial charge < -0.3 is 19.7 Å². The van der Waals surface area contributed by atoms with Gasteiger partial charge in [-0.2, -0.15) is 0 Å². The van der Waals surface area contributed by atoms with Crippen molar-refractivity contribution in [3.8, 4) is 5.75 Å². The number of carbonyl (C=O) groups is 3. The smallest absolute Gasteiger partial charge is 0.310 e. The monoisotopic (exact) mass is 376 g/mol. The molecule has 7 heteroatoms. The molecule has 1 aromatic rings. The van der Waals surface area contributed by atoms with Crippen LogP contribution in [0.15, 0.2) is 24.3 Å². The molecule has 0 radical (unpaired) electrons. The van der Waals surface area contributed by atoms with Gasteiger partial charge in [-0.25, -0.2) is 0 Å². The molecule has 0 fully saturated rings. The van der Waals surface area contributed by atoms with Crippen molar-refractivity contribution in [1.29, 1.82) is 0 Å². The first-order chi connectivity index (χ1) is 12.8.